The van der Waals surface area contributed by atoms with Crippen LogP contribution in [0.2, 0.25) is 8.87 Å². The van der Waals surface area contributed by atoms with Gasteiger partial charge in [-0.2, -0.15) is 0 Å². The average molecular weight is 924 g/mol. The van der Waals surface area contributed by atoms with Gasteiger partial charge in [-0.3, -0.25) is 0 Å². The summed E-state index contributed by atoms with van der Waals surface area (Å²) in [6.07, 6.45) is 47.4. The molecule has 0 N–H and O–H groups in total. The zero-order chi connectivity index (χ0) is 42.5. The summed E-state index contributed by atoms with van der Waals surface area (Å²) in [5.74, 6) is 2.40. The Kier molecular flexibility index (Phi) is 34.2. The number of unbranched alkanes of at least 4 members (excludes halogenated alkanes) is 26. The van der Waals surface area contributed by atoms with Crippen molar-refractivity contribution >= 4 is 19.2 Å². The van der Waals surface area contributed by atoms with E-state index in [9.17, 15) is 0 Å². The van der Waals surface area contributed by atoms with Crippen molar-refractivity contribution in [3.05, 3.63) is 58.7 Å². The molecule has 0 saturated heterocycles. The maximum atomic E-state index is 7.77. The average Bonchev–Trinajstić information content (AvgIpc) is 3.25. The third kappa shape index (κ3) is 24.9. The monoisotopic (exact) mass is 925 g/mol. The molecule has 0 aliphatic carbocycles. The van der Waals surface area contributed by atoms with Gasteiger partial charge in [-0.05, 0) is 0 Å². The summed E-state index contributed by atoms with van der Waals surface area (Å²) < 4.78 is 17.8. The number of rotatable bonds is 42. The number of benzene rings is 2. The SMILES string of the molecule is CCCCCCCCCc1cccc([O][Sn]([CH2]CCC)([CH2]CCC)[O]c2cccc(CCCCCCCCC)c2CCCCCCCCC)c1CCCCCCCCC. The summed E-state index contributed by atoms with van der Waals surface area (Å²) in [7, 11) is 0. The molecule has 0 radical (unpaired) electrons. The third-order valence-electron chi connectivity index (χ3n) is 13.0. The van der Waals surface area contributed by atoms with Crippen LogP contribution in [0.4, 0.5) is 0 Å². The van der Waals surface area contributed by atoms with E-state index >= 15 is 0 Å². The van der Waals surface area contributed by atoms with Gasteiger partial charge in [0.2, 0.25) is 0 Å². The van der Waals surface area contributed by atoms with Crippen molar-refractivity contribution in [1.29, 1.82) is 0 Å². The minimum absolute atomic E-state index is 1.14. The molecule has 0 spiro atoms. The van der Waals surface area contributed by atoms with Crippen molar-refractivity contribution in [3.8, 4) is 11.5 Å². The molecule has 340 valence electrons. The Morgan fingerprint density at radius 1 is 0.305 bits per heavy atom. The molecule has 59 heavy (non-hydrogen) atoms. The van der Waals surface area contributed by atoms with Gasteiger partial charge >= 0.3 is 363 Å². The Balaban J connectivity index is 2.45. The Labute approximate surface area is 374 Å². The van der Waals surface area contributed by atoms with Crippen LogP contribution in [0.1, 0.15) is 269 Å². The van der Waals surface area contributed by atoms with Crippen LogP contribution in [0.25, 0.3) is 0 Å². The predicted molar refractivity (Wildman–Crippen MR) is 266 cm³/mol. The molecule has 0 bridgehead atoms. The molecule has 2 aromatic carbocycles. The second-order valence-electron chi connectivity index (χ2n) is 18.6. The number of hydrogen-bond donors (Lipinski definition) is 0. The number of hydrogen-bond acceptors (Lipinski definition) is 2. The quantitative estimate of drug-likeness (QED) is 0.0488. The molecular weight excluding hydrogens is 823 g/mol. The summed E-state index contributed by atoms with van der Waals surface area (Å²) in [5.41, 5.74) is 6.18. The standard InChI is InChI=1S/2C24H42O.2C4H9.Sn/c2*1-3-5-7-9-11-13-15-18-22-19-17-21-24(25)23(22)20-16-14-12-10-8-6-4-2;2*1-3-4-2;/h2*17,19,21,25H,3-16,18,20H2,1-2H3;2*1,3-4H2,2H3;/q;;;;+2/p-2. The fraction of sp³-hybridized carbons (Fsp3) is 0.786. The predicted octanol–water partition coefficient (Wildman–Crippen LogP) is 19.4. The fourth-order valence-electron chi connectivity index (χ4n) is 9.16. The van der Waals surface area contributed by atoms with Crippen LogP contribution in [0.15, 0.2) is 36.4 Å². The first-order valence-electron chi connectivity index (χ1n) is 26.7. The molecule has 0 atom stereocenters. The first-order valence-corrected chi connectivity index (χ1v) is 33.0. The molecule has 0 unspecified atom stereocenters. The Morgan fingerprint density at radius 3 is 0.881 bits per heavy atom. The number of aryl methyl sites for hydroxylation is 2. The molecule has 0 aromatic heterocycles. The second kappa shape index (κ2) is 37.4. The van der Waals surface area contributed by atoms with E-state index in [1.54, 1.807) is 11.1 Å². The molecule has 2 aromatic rings. The molecule has 2 rings (SSSR count). The Hall–Kier alpha value is -1.16. The fourth-order valence-corrected chi connectivity index (χ4v) is 19.6. The van der Waals surface area contributed by atoms with E-state index in [1.807, 2.05) is 0 Å². The molecular formula is C56H100O2Sn. The van der Waals surface area contributed by atoms with Crippen molar-refractivity contribution in [1.82, 2.24) is 0 Å². The topological polar surface area (TPSA) is 18.5 Å². The first kappa shape index (κ1) is 54.0. The van der Waals surface area contributed by atoms with E-state index in [-0.39, 0.29) is 0 Å². The maximum absolute atomic E-state index is 7.77. The van der Waals surface area contributed by atoms with Gasteiger partial charge in [0.25, 0.3) is 0 Å². The van der Waals surface area contributed by atoms with Gasteiger partial charge in [0.05, 0.1) is 0 Å². The molecule has 0 saturated carbocycles. The molecule has 0 amide bonds. The molecule has 2 nitrogen and oxygen atoms in total. The summed E-state index contributed by atoms with van der Waals surface area (Å²) in [6, 6.07) is 14.3. The molecule has 3 heteroatoms. The van der Waals surface area contributed by atoms with Crippen molar-refractivity contribution in [2.75, 3.05) is 0 Å². The van der Waals surface area contributed by atoms with Crippen LogP contribution in [-0.4, -0.2) is 19.2 Å². The van der Waals surface area contributed by atoms with Crippen molar-refractivity contribution in [2.45, 2.75) is 282 Å². The van der Waals surface area contributed by atoms with Crippen LogP contribution < -0.4 is 6.15 Å². The molecule has 0 fully saturated rings. The van der Waals surface area contributed by atoms with E-state index in [1.165, 1.54) is 241 Å². The van der Waals surface area contributed by atoms with Gasteiger partial charge < -0.3 is 0 Å². The summed E-state index contributed by atoms with van der Waals surface area (Å²) in [4.78, 5) is 0. The molecule has 0 heterocycles. The Morgan fingerprint density at radius 2 is 0.576 bits per heavy atom. The van der Waals surface area contributed by atoms with Gasteiger partial charge in [0, 0.05) is 0 Å². The normalized spacial score (nSPS) is 11.8. The van der Waals surface area contributed by atoms with Gasteiger partial charge in [-0.25, -0.2) is 0 Å². The summed E-state index contributed by atoms with van der Waals surface area (Å²) in [5, 5.41) is 0. The third-order valence-corrected chi connectivity index (χ3v) is 22.8. The van der Waals surface area contributed by atoms with Crippen LogP contribution in [0, 0.1) is 0 Å². The minimum atomic E-state index is -3.71. The zero-order valence-electron chi connectivity index (χ0n) is 40.7. The van der Waals surface area contributed by atoms with Crippen LogP contribution in [0.3, 0.4) is 0 Å². The van der Waals surface area contributed by atoms with E-state index < -0.39 is 19.2 Å². The Bertz CT molecular complexity index is 1140. The van der Waals surface area contributed by atoms with Crippen LogP contribution in [-0.2, 0) is 25.7 Å². The van der Waals surface area contributed by atoms with Crippen molar-refractivity contribution in [2.24, 2.45) is 0 Å². The molecule has 0 aliphatic rings. The van der Waals surface area contributed by atoms with E-state index in [0.717, 1.165) is 21.7 Å². The molecule has 0 aliphatic heterocycles. The van der Waals surface area contributed by atoms with Gasteiger partial charge in [0.15, 0.2) is 0 Å². The van der Waals surface area contributed by atoms with E-state index in [4.69, 9.17) is 6.15 Å². The summed E-state index contributed by atoms with van der Waals surface area (Å²) in [6.45, 7) is 14.0. The van der Waals surface area contributed by atoms with Gasteiger partial charge in [0.1, 0.15) is 0 Å². The van der Waals surface area contributed by atoms with Crippen molar-refractivity contribution in [3.63, 3.8) is 0 Å². The van der Waals surface area contributed by atoms with E-state index in [0.29, 0.717) is 0 Å². The van der Waals surface area contributed by atoms with Crippen molar-refractivity contribution < 1.29 is 6.15 Å². The second-order valence-corrected chi connectivity index (χ2v) is 27.8. The van der Waals surface area contributed by atoms with E-state index in [2.05, 4.69) is 77.9 Å². The summed E-state index contributed by atoms with van der Waals surface area (Å²) >= 11 is -3.71. The van der Waals surface area contributed by atoms with Gasteiger partial charge in [-0.15, -0.1) is 0 Å². The first-order chi connectivity index (χ1) is 29.1. The van der Waals surface area contributed by atoms with Gasteiger partial charge in [-0.1, -0.05) is 13.8 Å². The van der Waals surface area contributed by atoms with Crippen LogP contribution in [0.5, 0.6) is 11.5 Å². The zero-order valence-corrected chi connectivity index (χ0v) is 43.5. The van der Waals surface area contributed by atoms with Crippen LogP contribution >= 0.6 is 0 Å².